The Morgan fingerprint density at radius 1 is 1.06 bits per heavy atom. The third kappa shape index (κ3) is 5.41. The number of rotatable bonds is 4. The molecule has 0 aromatic heterocycles. The lowest BCUT2D eigenvalue weighted by Crippen LogP contribution is -2.64. The number of benzene rings is 1. The number of piperazine rings is 1. The van der Waals surface area contributed by atoms with Crippen molar-refractivity contribution in [2.75, 3.05) is 44.2 Å². The molecule has 0 aliphatic carbocycles. The highest BCUT2D eigenvalue weighted by Crippen LogP contribution is 2.24. The maximum atomic E-state index is 12.1. The van der Waals surface area contributed by atoms with Gasteiger partial charge in [0.05, 0.1) is 0 Å². The summed E-state index contributed by atoms with van der Waals surface area (Å²) >= 11 is 0. The summed E-state index contributed by atoms with van der Waals surface area (Å²) in [5.74, 6) is -0.437. The second-order valence-electron chi connectivity index (χ2n) is 10.1. The maximum absolute atomic E-state index is 12.1. The number of anilines is 1. The SMILES string of the molecule is CC(C)(C)OC(=O)N1CC(N2CCN(c3ccc(CC4CCC(=O)NC4=O)cc3)CC2)C1. The van der Waals surface area contributed by atoms with Crippen LogP contribution >= 0.6 is 0 Å². The molecule has 3 saturated heterocycles. The van der Waals surface area contributed by atoms with Crippen LogP contribution < -0.4 is 10.2 Å². The van der Waals surface area contributed by atoms with E-state index in [-0.39, 0.29) is 23.8 Å². The second kappa shape index (κ2) is 9.10. The molecule has 1 aromatic rings. The van der Waals surface area contributed by atoms with Crippen LogP contribution in [-0.2, 0) is 20.7 Å². The highest BCUT2D eigenvalue weighted by Gasteiger charge is 2.38. The van der Waals surface area contributed by atoms with Crippen LogP contribution in [0.5, 0.6) is 0 Å². The predicted molar refractivity (Wildman–Crippen MR) is 121 cm³/mol. The van der Waals surface area contributed by atoms with Crippen molar-refractivity contribution in [3.05, 3.63) is 29.8 Å². The van der Waals surface area contributed by atoms with Crippen LogP contribution in [0, 0.1) is 5.92 Å². The molecule has 1 unspecified atom stereocenters. The van der Waals surface area contributed by atoms with E-state index in [9.17, 15) is 14.4 Å². The molecule has 8 heteroatoms. The molecule has 1 aromatic carbocycles. The van der Waals surface area contributed by atoms with E-state index >= 15 is 0 Å². The van der Waals surface area contributed by atoms with Crippen LogP contribution in [0.25, 0.3) is 0 Å². The van der Waals surface area contributed by atoms with E-state index in [4.69, 9.17) is 4.74 Å². The van der Waals surface area contributed by atoms with Gasteiger partial charge >= 0.3 is 6.09 Å². The maximum Gasteiger partial charge on any atom is 0.410 e. The zero-order valence-electron chi connectivity index (χ0n) is 19.3. The van der Waals surface area contributed by atoms with E-state index in [0.29, 0.717) is 25.3 Å². The highest BCUT2D eigenvalue weighted by atomic mass is 16.6. The molecule has 8 nitrogen and oxygen atoms in total. The van der Waals surface area contributed by atoms with E-state index in [1.165, 1.54) is 5.69 Å². The van der Waals surface area contributed by atoms with Crippen LogP contribution in [-0.4, -0.2) is 78.6 Å². The van der Waals surface area contributed by atoms with Gasteiger partial charge in [-0.1, -0.05) is 12.1 Å². The van der Waals surface area contributed by atoms with Crippen LogP contribution in [0.15, 0.2) is 24.3 Å². The van der Waals surface area contributed by atoms with Crippen LogP contribution in [0.4, 0.5) is 10.5 Å². The van der Waals surface area contributed by atoms with Gasteiger partial charge in [0, 0.05) is 63.3 Å². The molecule has 174 valence electrons. The summed E-state index contributed by atoms with van der Waals surface area (Å²) < 4.78 is 5.44. The molecule has 32 heavy (non-hydrogen) atoms. The molecule has 4 rings (SSSR count). The number of hydrogen-bond acceptors (Lipinski definition) is 6. The van der Waals surface area contributed by atoms with Crippen molar-refractivity contribution in [1.29, 1.82) is 0 Å². The number of hydrogen-bond donors (Lipinski definition) is 1. The standard InChI is InChI=1S/C24H34N4O4/c1-24(2,3)32-23(31)28-15-20(16-28)27-12-10-26(11-13-27)19-7-4-17(5-8-19)14-18-6-9-21(29)25-22(18)30/h4-5,7-8,18,20H,6,9-16H2,1-3H3,(H,25,29,30). The first-order valence-electron chi connectivity index (χ1n) is 11.6. The number of piperidine rings is 1. The minimum absolute atomic E-state index is 0.121. The van der Waals surface area contributed by atoms with Gasteiger partial charge in [0.2, 0.25) is 11.8 Å². The third-order valence-electron chi connectivity index (χ3n) is 6.48. The number of ether oxygens (including phenoxy) is 1. The quantitative estimate of drug-likeness (QED) is 0.719. The Hall–Kier alpha value is -2.61. The molecule has 3 aliphatic heterocycles. The Morgan fingerprint density at radius 3 is 2.31 bits per heavy atom. The highest BCUT2D eigenvalue weighted by molar-refractivity contribution is 5.98. The summed E-state index contributed by atoms with van der Waals surface area (Å²) in [6.07, 6.45) is 1.50. The topological polar surface area (TPSA) is 82.2 Å². The van der Waals surface area contributed by atoms with Crippen LogP contribution in [0.1, 0.15) is 39.2 Å². The number of carbonyl (C=O) groups is 3. The Labute approximate surface area is 189 Å². The van der Waals surface area contributed by atoms with Crippen molar-refractivity contribution in [3.8, 4) is 0 Å². The number of nitrogens with one attached hydrogen (secondary N) is 1. The minimum atomic E-state index is -0.453. The van der Waals surface area contributed by atoms with E-state index in [1.54, 1.807) is 4.90 Å². The lowest BCUT2D eigenvalue weighted by molar-refractivity contribution is -0.136. The normalized spacial score (nSPS) is 23.0. The van der Waals surface area contributed by atoms with E-state index in [0.717, 1.165) is 44.8 Å². The van der Waals surface area contributed by atoms with Crippen molar-refractivity contribution in [2.24, 2.45) is 5.92 Å². The minimum Gasteiger partial charge on any atom is -0.444 e. The summed E-state index contributed by atoms with van der Waals surface area (Å²) in [4.78, 5) is 42.1. The van der Waals surface area contributed by atoms with Crippen LogP contribution in [0.3, 0.4) is 0 Å². The fourth-order valence-electron chi connectivity index (χ4n) is 4.57. The smallest absolute Gasteiger partial charge is 0.410 e. The van der Waals surface area contributed by atoms with Gasteiger partial charge in [-0.15, -0.1) is 0 Å². The number of imide groups is 1. The zero-order chi connectivity index (χ0) is 22.9. The molecule has 3 fully saturated rings. The molecular weight excluding hydrogens is 408 g/mol. The number of carbonyl (C=O) groups excluding carboxylic acids is 3. The largest absolute Gasteiger partial charge is 0.444 e. The van der Waals surface area contributed by atoms with Gasteiger partial charge in [-0.3, -0.25) is 19.8 Å². The molecule has 3 aliphatic rings. The summed E-state index contributed by atoms with van der Waals surface area (Å²) in [7, 11) is 0. The van der Waals surface area contributed by atoms with Gasteiger partial charge in [-0.2, -0.15) is 0 Å². The number of amides is 3. The Balaban J connectivity index is 1.22. The summed E-state index contributed by atoms with van der Waals surface area (Å²) in [6, 6.07) is 8.86. The lowest BCUT2D eigenvalue weighted by Gasteiger charge is -2.48. The fourth-order valence-corrected chi connectivity index (χ4v) is 4.57. The van der Waals surface area contributed by atoms with Gasteiger partial charge in [-0.25, -0.2) is 4.79 Å². The fraction of sp³-hybridized carbons (Fsp3) is 0.625. The molecule has 0 radical (unpaired) electrons. The Bertz CT molecular complexity index is 850. The zero-order valence-corrected chi connectivity index (χ0v) is 19.3. The molecule has 3 amide bonds. The Kier molecular flexibility index (Phi) is 6.42. The molecule has 1 atom stereocenters. The summed E-state index contributed by atoms with van der Waals surface area (Å²) in [6.45, 7) is 11.0. The van der Waals surface area contributed by atoms with E-state index in [1.807, 2.05) is 20.8 Å². The third-order valence-corrected chi connectivity index (χ3v) is 6.48. The average molecular weight is 443 g/mol. The van der Waals surface area contributed by atoms with Gasteiger partial charge in [-0.05, 0) is 51.3 Å². The number of nitrogens with zero attached hydrogens (tertiary/aromatic N) is 3. The van der Waals surface area contributed by atoms with Gasteiger partial charge in [0.15, 0.2) is 0 Å². The summed E-state index contributed by atoms with van der Waals surface area (Å²) in [5, 5.41) is 2.43. The van der Waals surface area contributed by atoms with E-state index < -0.39 is 5.60 Å². The van der Waals surface area contributed by atoms with Gasteiger partial charge in [0.1, 0.15) is 5.60 Å². The lowest BCUT2D eigenvalue weighted by atomic mass is 9.91. The van der Waals surface area contributed by atoms with Gasteiger partial charge in [0.25, 0.3) is 0 Å². The second-order valence-corrected chi connectivity index (χ2v) is 10.1. The first kappa shape index (κ1) is 22.6. The first-order chi connectivity index (χ1) is 15.2. The Morgan fingerprint density at radius 2 is 1.72 bits per heavy atom. The molecule has 1 N–H and O–H groups in total. The molecule has 0 spiro atoms. The molecule has 3 heterocycles. The monoisotopic (exact) mass is 442 g/mol. The van der Waals surface area contributed by atoms with E-state index in [2.05, 4.69) is 39.4 Å². The first-order valence-corrected chi connectivity index (χ1v) is 11.6. The molecular formula is C24H34N4O4. The van der Waals surface area contributed by atoms with Crippen molar-refractivity contribution in [3.63, 3.8) is 0 Å². The van der Waals surface area contributed by atoms with Crippen molar-refractivity contribution in [2.45, 2.75) is 51.7 Å². The van der Waals surface area contributed by atoms with Crippen molar-refractivity contribution >= 4 is 23.6 Å². The number of likely N-dealkylation sites (tertiary alicyclic amines) is 1. The van der Waals surface area contributed by atoms with Gasteiger partial charge < -0.3 is 14.5 Å². The summed E-state index contributed by atoms with van der Waals surface area (Å²) in [5.41, 5.74) is 1.87. The predicted octanol–water partition coefficient (Wildman–Crippen LogP) is 2.02. The van der Waals surface area contributed by atoms with Crippen molar-refractivity contribution < 1.29 is 19.1 Å². The average Bonchev–Trinajstić information content (AvgIpc) is 2.69. The van der Waals surface area contributed by atoms with Crippen molar-refractivity contribution in [1.82, 2.24) is 15.1 Å². The van der Waals surface area contributed by atoms with Crippen LogP contribution in [0.2, 0.25) is 0 Å². The molecule has 0 bridgehead atoms. The molecule has 0 saturated carbocycles.